The highest BCUT2D eigenvalue weighted by molar-refractivity contribution is 7.89. The van der Waals surface area contributed by atoms with Gasteiger partial charge in [-0.2, -0.15) is 0 Å². The van der Waals surface area contributed by atoms with Crippen LogP contribution in [0.25, 0.3) is 0 Å². The Morgan fingerprint density at radius 1 is 1.38 bits per heavy atom. The normalized spacial score (nSPS) is 30.5. The molecule has 76 valence electrons. The van der Waals surface area contributed by atoms with Gasteiger partial charge in [0, 0.05) is 25.1 Å². The lowest BCUT2D eigenvalue weighted by atomic mass is 10.1. The van der Waals surface area contributed by atoms with Crippen molar-refractivity contribution in [2.24, 2.45) is 5.41 Å². The molecule has 1 aliphatic carbocycles. The minimum atomic E-state index is -2.97. The van der Waals surface area contributed by atoms with Crippen molar-refractivity contribution in [1.29, 1.82) is 0 Å². The third-order valence-electron chi connectivity index (χ3n) is 3.01. The Hall–Kier alpha value is -0.130. The van der Waals surface area contributed by atoms with Gasteiger partial charge in [0.15, 0.2) is 0 Å². The molecule has 4 nitrogen and oxygen atoms in total. The van der Waals surface area contributed by atoms with Crippen molar-refractivity contribution in [2.75, 3.05) is 25.4 Å². The fourth-order valence-electron chi connectivity index (χ4n) is 1.79. The molecule has 2 rings (SSSR count). The van der Waals surface area contributed by atoms with Gasteiger partial charge in [0.05, 0.1) is 5.75 Å². The van der Waals surface area contributed by atoms with Crippen molar-refractivity contribution in [3.05, 3.63) is 0 Å². The summed E-state index contributed by atoms with van der Waals surface area (Å²) in [6.07, 6.45) is 2.68. The molecule has 0 spiro atoms. The van der Waals surface area contributed by atoms with Crippen LogP contribution in [0.5, 0.6) is 0 Å². The van der Waals surface area contributed by atoms with Crippen LogP contribution >= 0.6 is 0 Å². The molecule has 0 unspecified atom stereocenters. The first-order chi connectivity index (χ1) is 6.08. The van der Waals surface area contributed by atoms with Gasteiger partial charge in [-0.1, -0.05) is 0 Å². The Balaban J connectivity index is 2.03. The van der Waals surface area contributed by atoms with Crippen LogP contribution in [0, 0.1) is 5.41 Å². The number of aliphatic hydroxyl groups excluding tert-OH is 1. The quantitative estimate of drug-likeness (QED) is 0.694. The second-order valence-electron chi connectivity index (χ2n) is 4.16. The van der Waals surface area contributed by atoms with Gasteiger partial charge in [-0.25, -0.2) is 12.7 Å². The molecule has 1 heterocycles. The van der Waals surface area contributed by atoms with Gasteiger partial charge >= 0.3 is 0 Å². The van der Waals surface area contributed by atoms with Crippen molar-refractivity contribution in [3.8, 4) is 0 Å². The van der Waals surface area contributed by atoms with Crippen molar-refractivity contribution < 1.29 is 13.5 Å². The number of sulfonamides is 1. The van der Waals surface area contributed by atoms with Crippen molar-refractivity contribution in [1.82, 2.24) is 4.31 Å². The van der Waals surface area contributed by atoms with Crippen molar-refractivity contribution in [2.45, 2.75) is 19.3 Å². The zero-order chi connectivity index (χ0) is 9.53. The summed E-state index contributed by atoms with van der Waals surface area (Å²) < 4.78 is 24.4. The van der Waals surface area contributed by atoms with E-state index in [2.05, 4.69) is 0 Å². The van der Waals surface area contributed by atoms with E-state index in [1.54, 1.807) is 0 Å². The number of nitrogens with zero attached hydrogens (tertiary/aromatic N) is 1. The molecular formula is C8H15NO3S. The summed E-state index contributed by atoms with van der Waals surface area (Å²) in [5, 5.41) is 9.07. The molecule has 0 aromatic heterocycles. The SMILES string of the molecule is O=S1(=O)CCCN1CC1(CO)CC1. The van der Waals surface area contributed by atoms with Crippen LogP contribution in [0.3, 0.4) is 0 Å². The van der Waals surface area contributed by atoms with E-state index < -0.39 is 10.0 Å². The summed E-state index contributed by atoms with van der Waals surface area (Å²) in [6, 6.07) is 0. The molecule has 0 amide bonds. The predicted molar refractivity (Wildman–Crippen MR) is 48.7 cm³/mol. The lowest BCUT2D eigenvalue weighted by Gasteiger charge is -2.19. The van der Waals surface area contributed by atoms with E-state index in [1.807, 2.05) is 0 Å². The summed E-state index contributed by atoms with van der Waals surface area (Å²) in [4.78, 5) is 0. The van der Waals surface area contributed by atoms with Gasteiger partial charge in [-0.15, -0.1) is 0 Å². The van der Waals surface area contributed by atoms with Gasteiger partial charge in [0.2, 0.25) is 10.0 Å². The van der Waals surface area contributed by atoms with Crippen LogP contribution in [-0.4, -0.2) is 43.3 Å². The van der Waals surface area contributed by atoms with Gasteiger partial charge in [0.1, 0.15) is 0 Å². The highest BCUT2D eigenvalue weighted by atomic mass is 32.2. The third kappa shape index (κ3) is 1.73. The maximum Gasteiger partial charge on any atom is 0.214 e. The monoisotopic (exact) mass is 205 g/mol. The summed E-state index contributed by atoms with van der Waals surface area (Å²) >= 11 is 0. The zero-order valence-corrected chi connectivity index (χ0v) is 8.39. The smallest absolute Gasteiger partial charge is 0.214 e. The molecule has 0 atom stereocenters. The molecule has 13 heavy (non-hydrogen) atoms. The highest BCUT2D eigenvalue weighted by Crippen LogP contribution is 2.46. The first kappa shape index (κ1) is 9.43. The maximum absolute atomic E-state index is 11.4. The summed E-state index contributed by atoms with van der Waals surface area (Å²) in [5.74, 6) is 0.286. The topological polar surface area (TPSA) is 57.6 Å². The van der Waals surface area contributed by atoms with Crippen LogP contribution in [0.2, 0.25) is 0 Å². The lowest BCUT2D eigenvalue weighted by molar-refractivity contribution is 0.188. The molecule has 0 radical (unpaired) electrons. The second kappa shape index (κ2) is 2.93. The Morgan fingerprint density at radius 2 is 2.08 bits per heavy atom. The Bertz CT molecular complexity index is 295. The fourth-order valence-corrected chi connectivity index (χ4v) is 3.42. The van der Waals surface area contributed by atoms with E-state index in [0.717, 1.165) is 19.3 Å². The van der Waals surface area contributed by atoms with E-state index in [1.165, 1.54) is 4.31 Å². The third-order valence-corrected chi connectivity index (χ3v) is 4.91. The van der Waals surface area contributed by atoms with E-state index in [0.29, 0.717) is 13.1 Å². The molecule has 1 aliphatic heterocycles. The molecular weight excluding hydrogens is 190 g/mol. The molecule has 2 fully saturated rings. The first-order valence-corrected chi connectivity index (χ1v) is 6.28. The standard InChI is InChI=1S/C8H15NO3S/c10-7-8(2-3-8)6-9-4-1-5-13(9,11)12/h10H,1-7H2. The largest absolute Gasteiger partial charge is 0.396 e. The lowest BCUT2D eigenvalue weighted by Crippen LogP contribution is -2.33. The molecule has 0 aromatic carbocycles. The Labute approximate surface area is 78.6 Å². The minimum absolute atomic E-state index is 0.0859. The Kier molecular flexibility index (Phi) is 2.13. The molecule has 0 bridgehead atoms. The zero-order valence-electron chi connectivity index (χ0n) is 7.57. The van der Waals surface area contributed by atoms with Gasteiger partial charge in [-0.3, -0.25) is 0 Å². The highest BCUT2D eigenvalue weighted by Gasteiger charge is 2.46. The van der Waals surface area contributed by atoms with Gasteiger partial charge in [-0.05, 0) is 19.3 Å². The Morgan fingerprint density at radius 3 is 2.46 bits per heavy atom. The summed E-state index contributed by atoms with van der Waals surface area (Å²) in [5.41, 5.74) is -0.0859. The molecule has 1 saturated heterocycles. The van der Waals surface area contributed by atoms with Crippen LogP contribution in [-0.2, 0) is 10.0 Å². The van der Waals surface area contributed by atoms with E-state index in [9.17, 15) is 8.42 Å². The number of aliphatic hydroxyl groups is 1. The minimum Gasteiger partial charge on any atom is -0.396 e. The van der Waals surface area contributed by atoms with Crippen LogP contribution in [0.4, 0.5) is 0 Å². The molecule has 5 heteroatoms. The molecule has 2 aliphatic rings. The fraction of sp³-hybridized carbons (Fsp3) is 1.00. The van der Waals surface area contributed by atoms with Gasteiger partial charge in [0.25, 0.3) is 0 Å². The molecule has 1 saturated carbocycles. The van der Waals surface area contributed by atoms with Crippen molar-refractivity contribution in [3.63, 3.8) is 0 Å². The maximum atomic E-state index is 11.4. The van der Waals surface area contributed by atoms with Crippen LogP contribution < -0.4 is 0 Å². The predicted octanol–water partition coefficient (Wildman–Crippen LogP) is -0.206. The van der Waals surface area contributed by atoms with E-state index in [4.69, 9.17) is 5.11 Å². The number of rotatable bonds is 3. The van der Waals surface area contributed by atoms with Crippen molar-refractivity contribution >= 4 is 10.0 Å². The van der Waals surface area contributed by atoms with E-state index >= 15 is 0 Å². The number of hydrogen-bond donors (Lipinski definition) is 1. The average molecular weight is 205 g/mol. The molecule has 0 aromatic rings. The number of hydrogen-bond acceptors (Lipinski definition) is 3. The van der Waals surface area contributed by atoms with Crippen LogP contribution in [0.15, 0.2) is 0 Å². The first-order valence-electron chi connectivity index (χ1n) is 4.67. The summed E-state index contributed by atoms with van der Waals surface area (Å²) in [6.45, 7) is 1.30. The van der Waals surface area contributed by atoms with Crippen LogP contribution in [0.1, 0.15) is 19.3 Å². The second-order valence-corrected chi connectivity index (χ2v) is 6.25. The summed E-state index contributed by atoms with van der Waals surface area (Å²) in [7, 11) is -2.97. The molecule has 1 N–H and O–H groups in total. The van der Waals surface area contributed by atoms with E-state index in [-0.39, 0.29) is 17.8 Å². The average Bonchev–Trinajstić information content (AvgIpc) is 2.76. The van der Waals surface area contributed by atoms with Gasteiger partial charge < -0.3 is 5.11 Å².